The molecular formula is C9H12ClN. The van der Waals surface area contributed by atoms with E-state index in [1.165, 1.54) is 5.56 Å². The lowest BCUT2D eigenvalue weighted by atomic mass is 10.1. The zero-order valence-electron chi connectivity index (χ0n) is 6.33. The third-order valence-corrected chi connectivity index (χ3v) is 1.94. The Bertz CT molecular complexity index is 198. The molecule has 1 nitrogen and oxygen atoms in total. The lowest BCUT2D eigenvalue weighted by molar-refractivity contribution is 0.745. The Morgan fingerprint density at radius 2 is 1.91 bits per heavy atom. The van der Waals surface area contributed by atoms with E-state index in [1.807, 2.05) is 18.2 Å². The largest absolute Gasteiger partial charge is 0.326 e. The summed E-state index contributed by atoms with van der Waals surface area (Å²) in [6, 6.07) is 10.2. The fourth-order valence-electron chi connectivity index (χ4n) is 0.971. The Morgan fingerprint density at radius 3 is 2.45 bits per heavy atom. The van der Waals surface area contributed by atoms with Gasteiger partial charge in [-0.3, -0.25) is 0 Å². The molecule has 60 valence electrons. The maximum Gasteiger partial charge on any atom is 0.0378 e. The molecule has 0 aliphatic carbocycles. The molecule has 0 aromatic heterocycles. The van der Waals surface area contributed by atoms with Crippen LogP contribution >= 0.6 is 11.6 Å². The van der Waals surface area contributed by atoms with Crippen molar-refractivity contribution in [2.45, 2.75) is 12.5 Å². The molecule has 0 amide bonds. The van der Waals surface area contributed by atoms with Crippen LogP contribution in [0.2, 0.25) is 0 Å². The highest BCUT2D eigenvalue weighted by Crippen LogP contribution is 2.02. The zero-order chi connectivity index (χ0) is 8.10. The van der Waals surface area contributed by atoms with Crippen molar-refractivity contribution in [2.75, 3.05) is 5.88 Å². The van der Waals surface area contributed by atoms with E-state index >= 15 is 0 Å². The van der Waals surface area contributed by atoms with Crippen molar-refractivity contribution < 1.29 is 0 Å². The minimum Gasteiger partial charge on any atom is -0.326 e. The Balaban J connectivity index is 2.51. The Hall–Kier alpha value is -0.530. The van der Waals surface area contributed by atoms with E-state index in [0.717, 1.165) is 6.42 Å². The third-order valence-electron chi connectivity index (χ3n) is 1.54. The fraction of sp³-hybridized carbons (Fsp3) is 0.333. The van der Waals surface area contributed by atoms with E-state index in [1.54, 1.807) is 0 Å². The summed E-state index contributed by atoms with van der Waals surface area (Å²) in [7, 11) is 0. The number of nitrogens with two attached hydrogens (primary N) is 1. The smallest absolute Gasteiger partial charge is 0.0378 e. The Labute approximate surface area is 72.2 Å². The first-order valence-corrected chi connectivity index (χ1v) is 4.22. The van der Waals surface area contributed by atoms with Gasteiger partial charge in [0.25, 0.3) is 0 Å². The van der Waals surface area contributed by atoms with Crippen LogP contribution in [0, 0.1) is 0 Å². The highest BCUT2D eigenvalue weighted by Gasteiger charge is 2.00. The summed E-state index contributed by atoms with van der Waals surface area (Å²) in [5.41, 5.74) is 6.92. The molecular weight excluding hydrogens is 158 g/mol. The third kappa shape index (κ3) is 2.91. The van der Waals surface area contributed by atoms with Gasteiger partial charge in [0, 0.05) is 11.9 Å². The summed E-state index contributed by atoms with van der Waals surface area (Å²) in [4.78, 5) is 0. The average Bonchev–Trinajstić information content (AvgIpc) is 2.06. The van der Waals surface area contributed by atoms with Crippen LogP contribution in [0.5, 0.6) is 0 Å². The molecule has 2 N–H and O–H groups in total. The number of hydrogen-bond donors (Lipinski definition) is 1. The maximum atomic E-state index is 5.67. The van der Waals surface area contributed by atoms with Crippen LogP contribution in [0.3, 0.4) is 0 Å². The number of halogens is 1. The van der Waals surface area contributed by atoms with Crippen LogP contribution in [0.15, 0.2) is 30.3 Å². The summed E-state index contributed by atoms with van der Waals surface area (Å²) >= 11 is 5.58. The van der Waals surface area contributed by atoms with Crippen molar-refractivity contribution >= 4 is 11.6 Å². The molecule has 0 bridgehead atoms. The quantitative estimate of drug-likeness (QED) is 0.687. The topological polar surface area (TPSA) is 26.0 Å². The summed E-state index contributed by atoms with van der Waals surface area (Å²) in [5, 5.41) is 0. The molecule has 0 heterocycles. The summed E-state index contributed by atoms with van der Waals surface area (Å²) in [5.74, 6) is 0.523. The number of benzene rings is 1. The van der Waals surface area contributed by atoms with Crippen molar-refractivity contribution in [3.8, 4) is 0 Å². The Morgan fingerprint density at radius 1 is 1.27 bits per heavy atom. The van der Waals surface area contributed by atoms with Gasteiger partial charge in [-0.2, -0.15) is 0 Å². The molecule has 0 aliphatic heterocycles. The second-order valence-electron chi connectivity index (χ2n) is 2.60. The first-order chi connectivity index (χ1) is 5.33. The molecule has 0 aliphatic rings. The van der Waals surface area contributed by atoms with Crippen molar-refractivity contribution in [1.29, 1.82) is 0 Å². The van der Waals surface area contributed by atoms with Crippen molar-refractivity contribution in [3.63, 3.8) is 0 Å². The molecule has 1 rings (SSSR count). The molecule has 2 heteroatoms. The normalized spacial score (nSPS) is 12.9. The van der Waals surface area contributed by atoms with E-state index in [4.69, 9.17) is 17.3 Å². The van der Waals surface area contributed by atoms with Crippen LogP contribution in [-0.2, 0) is 6.42 Å². The first kappa shape index (κ1) is 8.57. The maximum absolute atomic E-state index is 5.67. The summed E-state index contributed by atoms with van der Waals surface area (Å²) < 4.78 is 0. The molecule has 0 saturated heterocycles. The molecule has 1 aromatic carbocycles. The van der Waals surface area contributed by atoms with Crippen molar-refractivity contribution in [3.05, 3.63) is 35.9 Å². The van der Waals surface area contributed by atoms with Gasteiger partial charge in [-0.05, 0) is 12.0 Å². The highest BCUT2D eigenvalue weighted by molar-refractivity contribution is 6.18. The second kappa shape index (κ2) is 4.37. The summed E-state index contributed by atoms with van der Waals surface area (Å²) in [6.07, 6.45) is 0.865. The SMILES string of the molecule is N[C@H](CCl)Cc1ccccc1. The molecule has 0 radical (unpaired) electrons. The number of hydrogen-bond acceptors (Lipinski definition) is 1. The van der Waals surface area contributed by atoms with Crippen molar-refractivity contribution in [1.82, 2.24) is 0 Å². The van der Waals surface area contributed by atoms with Gasteiger partial charge in [0.2, 0.25) is 0 Å². The molecule has 0 saturated carbocycles. The molecule has 0 unspecified atom stereocenters. The van der Waals surface area contributed by atoms with Crippen LogP contribution < -0.4 is 5.73 Å². The van der Waals surface area contributed by atoms with Crippen LogP contribution in [0.4, 0.5) is 0 Å². The van der Waals surface area contributed by atoms with E-state index in [9.17, 15) is 0 Å². The fourth-order valence-corrected chi connectivity index (χ4v) is 1.08. The molecule has 11 heavy (non-hydrogen) atoms. The van der Waals surface area contributed by atoms with E-state index in [0.29, 0.717) is 5.88 Å². The second-order valence-corrected chi connectivity index (χ2v) is 2.91. The minimum absolute atomic E-state index is 0.0825. The van der Waals surface area contributed by atoms with Gasteiger partial charge in [-0.1, -0.05) is 30.3 Å². The Kier molecular flexibility index (Phi) is 3.40. The van der Waals surface area contributed by atoms with E-state index in [2.05, 4.69) is 12.1 Å². The van der Waals surface area contributed by atoms with Gasteiger partial charge in [0.15, 0.2) is 0 Å². The van der Waals surface area contributed by atoms with Crippen molar-refractivity contribution in [2.24, 2.45) is 5.73 Å². The minimum atomic E-state index is 0.0825. The van der Waals surface area contributed by atoms with Crippen LogP contribution in [-0.4, -0.2) is 11.9 Å². The zero-order valence-corrected chi connectivity index (χ0v) is 7.09. The summed E-state index contributed by atoms with van der Waals surface area (Å²) in [6.45, 7) is 0. The van der Waals surface area contributed by atoms with Gasteiger partial charge in [-0.25, -0.2) is 0 Å². The standard InChI is InChI=1S/C9H12ClN/c10-7-9(11)6-8-4-2-1-3-5-8/h1-5,9H,6-7,11H2/t9-/m0/s1. The first-order valence-electron chi connectivity index (χ1n) is 3.68. The molecule has 0 fully saturated rings. The van der Waals surface area contributed by atoms with Gasteiger partial charge >= 0.3 is 0 Å². The van der Waals surface area contributed by atoms with Gasteiger partial charge in [0.05, 0.1) is 0 Å². The van der Waals surface area contributed by atoms with Crippen LogP contribution in [0.1, 0.15) is 5.56 Å². The molecule has 1 aromatic rings. The van der Waals surface area contributed by atoms with Gasteiger partial charge < -0.3 is 5.73 Å². The average molecular weight is 170 g/mol. The highest BCUT2D eigenvalue weighted by atomic mass is 35.5. The lowest BCUT2D eigenvalue weighted by Crippen LogP contribution is -2.24. The number of rotatable bonds is 3. The number of alkyl halides is 1. The monoisotopic (exact) mass is 169 g/mol. The van der Waals surface area contributed by atoms with E-state index in [-0.39, 0.29) is 6.04 Å². The molecule has 0 spiro atoms. The van der Waals surface area contributed by atoms with E-state index < -0.39 is 0 Å². The van der Waals surface area contributed by atoms with Gasteiger partial charge in [0.1, 0.15) is 0 Å². The molecule has 1 atom stereocenters. The predicted octanol–water partition coefficient (Wildman–Crippen LogP) is 1.80. The lowest BCUT2D eigenvalue weighted by Gasteiger charge is -2.06. The predicted molar refractivity (Wildman–Crippen MR) is 48.8 cm³/mol. The van der Waals surface area contributed by atoms with Crippen LogP contribution in [0.25, 0.3) is 0 Å². The van der Waals surface area contributed by atoms with Gasteiger partial charge in [-0.15, -0.1) is 11.6 Å².